The lowest BCUT2D eigenvalue weighted by Gasteiger charge is -2.41. The number of hydrogen-bond donors (Lipinski definition) is 2. The first-order valence-electron chi connectivity index (χ1n) is 5.05. The third-order valence-corrected chi connectivity index (χ3v) is 5.13. The molecule has 0 heterocycles. The van der Waals surface area contributed by atoms with Gasteiger partial charge in [-0.15, -0.1) is 0 Å². The van der Waals surface area contributed by atoms with Crippen LogP contribution < -0.4 is 0 Å². The third-order valence-electron chi connectivity index (χ3n) is 4.19. The van der Waals surface area contributed by atoms with Gasteiger partial charge < -0.3 is 5.11 Å². The summed E-state index contributed by atoms with van der Waals surface area (Å²) < 4.78 is 30.8. The molecule has 3 unspecified atom stereocenters. The number of aliphatic hydroxyl groups is 1. The molecule has 2 aliphatic carbocycles. The lowest BCUT2D eigenvalue weighted by atomic mass is 9.70. The minimum atomic E-state index is -4.08. The van der Waals surface area contributed by atoms with E-state index in [0.717, 1.165) is 12.0 Å². The first kappa shape index (κ1) is 11.1. The zero-order valence-electron chi connectivity index (χ0n) is 8.73. The molecule has 5 heteroatoms. The summed E-state index contributed by atoms with van der Waals surface area (Å²) in [5.41, 5.74) is -1.11. The maximum Gasteiger partial charge on any atom is 0.265 e. The van der Waals surface area contributed by atoms with Gasteiger partial charge in [0.05, 0.1) is 11.4 Å². The molecule has 2 fully saturated rings. The van der Waals surface area contributed by atoms with Crippen molar-refractivity contribution in [2.24, 2.45) is 11.3 Å². The fraction of sp³-hybridized carbons (Fsp3) is 0.800. The average Bonchev–Trinajstić information content (AvgIpc) is 2.49. The number of rotatable bonds is 2. The highest BCUT2D eigenvalue weighted by molar-refractivity contribution is 7.85. The van der Waals surface area contributed by atoms with E-state index in [4.69, 9.17) is 4.55 Å². The summed E-state index contributed by atoms with van der Waals surface area (Å²) in [6, 6.07) is 0. The fourth-order valence-electron chi connectivity index (χ4n) is 3.16. The zero-order valence-corrected chi connectivity index (χ0v) is 9.55. The van der Waals surface area contributed by atoms with E-state index in [0.29, 0.717) is 12.8 Å². The molecule has 0 radical (unpaired) electrons. The molecule has 2 N–H and O–H groups in total. The van der Waals surface area contributed by atoms with Gasteiger partial charge in [-0.3, -0.25) is 4.55 Å². The monoisotopic (exact) mass is 232 g/mol. The molecule has 0 aromatic heterocycles. The average molecular weight is 232 g/mol. The second-order valence-corrected chi connectivity index (χ2v) is 6.51. The maximum absolute atomic E-state index is 11.0. The van der Waals surface area contributed by atoms with Crippen LogP contribution in [0.15, 0.2) is 12.2 Å². The second-order valence-electron chi connectivity index (χ2n) is 5.05. The van der Waals surface area contributed by atoms with E-state index in [-0.39, 0.29) is 5.92 Å². The Morgan fingerprint density at radius 2 is 2.20 bits per heavy atom. The molecule has 0 saturated heterocycles. The molecular formula is C10H16O4S. The molecule has 15 heavy (non-hydrogen) atoms. The van der Waals surface area contributed by atoms with Crippen LogP contribution in [0.2, 0.25) is 0 Å². The smallest absolute Gasteiger partial charge is 0.265 e. The Morgan fingerprint density at radius 3 is 2.60 bits per heavy atom. The third kappa shape index (κ3) is 1.45. The highest BCUT2D eigenvalue weighted by Gasteiger charge is 2.61. The van der Waals surface area contributed by atoms with Crippen LogP contribution in [0.5, 0.6) is 0 Å². The van der Waals surface area contributed by atoms with Crippen LogP contribution in [0, 0.1) is 11.3 Å². The van der Waals surface area contributed by atoms with Crippen LogP contribution >= 0.6 is 0 Å². The van der Waals surface area contributed by atoms with Gasteiger partial charge in [0.15, 0.2) is 0 Å². The van der Waals surface area contributed by atoms with Gasteiger partial charge in [-0.1, -0.05) is 19.1 Å². The van der Waals surface area contributed by atoms with Gasteiger partial charge in [0.25, 0.3) is 10.1 Å². The highest BCUT2D eigenvalue weighted by atomic mass is 32.2. The van der Waals surface area contributed by atoms with Gasteiger partial charge in [-0.2, -0.15) is 8.42 Å². The van der Waals surface area contributed by atoms with Crippen molar-refractivity contribution in [3.05, 3.63) is 12.2 Å². The first-order valence-corrected chi connectivity index (χ1v) is 6.66. The van der Waals surface area contributed by atoms with Crippen LogP contribution in [-0.2, 0) is 10.1 Å². The molecule has 0 amide bonds. The van der Waals surface area contributed by atoms with Crippen molar-refractivity contribution < 1.29 is 18.1 Å². The van der Waals surface area contributed by atoms with Crippen molar-refractivity contribution in [1.29, 1.82) is 0 Å². The Kier molecular flexibility index (Phi) is 2.10. The highest BCUT2D eigenvalue weighted by Crippen LogP contribution is 2.61. The van der Waals surface area contributed by atoms with Gasteiger partial charge in [-0.05, 0) is 25.2 Å². The lowest BCUT2D eigenvalue weighted by Crippen LogP contribution is -2.47. The Hall–Kier alpha value is -0.390. The minimum absolute atomic E-state index is 0.210. The fourth-order valence-corrected chi connectivity index (χ4v) is 4.35. The standard InChI is InChI=1S/C10H16O4S/c1-7-8-3-4-10(11,5-8)9(7,2)6-15(12,13)14/h8,11H,1,3-6H2,2H3,(H,12,13,14). The Bertz CT molecular complexity index is 413. The van der Waals surface area contributed by atoms with Crippen molar-refractivity contribution in [1.82, 2.24) is 0 Å². The molecule has 0 aromatic rings. The van der Waals surface area contributed by atoms with Gasteiger partial charge in [0.1, 0.15) is 0 Å². The Labute approximate surface area is 89.7 Å². The van der Waals surface area contributed by atoms with Crippen molar-refractivity contribution in [2.45, 2.75) is 31.8 Å². The van der Waals surface area contributed by atoms with Crippen LogP contribution in [0.4, 0.5) is 0 Å². The molecule has 0 aromatic carbocycles. The van der Waals surface area contributed by atoms with Gasteiger partial charge in [-0.25, -0.2) is 0 Å². The molecular weight excluding hydrogens is 216 g/mol. The van der Waals surface area contributed by atoms with Crippen LogP contribution in [0.1, 0.15) is 26.2 Å². The van der Waals surface area contributed by atoms with Crippen LogP contribution in [0.25, 0.3) is 0 Å². The molecule has 86 valence electrons. The summed E-state index contributed by atoms with van der Waals surface area (Å²) >= 11 is 0. The summed E-state index contributed by atoms with van der Waals surface area (Å²) in [5.74, 6) is -0.215. The van der Waals surface area contributed by atoms with Crippen molar-refractivity contribution in [3.8, 4) is 0 Å². The van der Waals surface area contributed by atoms with E-state index >= 15 is 0 Å². The topological polar surface area (TPSA) is 74.6 Å². The molecule has 0 spiro atoms. The number of hydrogen-bond acceptors (Lipinski definition) is 3. The maximum atomic E-state index is 11.0. The van der Waals surface area contributed by atoms with E-state index in [1.807, 2.05) is 0 Å². The van der Waals surface area contributed by atoms with Crippen LogP contribution in [-0.4, -0.2) is 29.4 Å². The van der Waals surface area contributed by atoms with Crippen molar-refractivity contribution >= 4 is 10.1 Å². The zero-order chi connectivity index (χ0) is 11.5. The van der Waals surface area contributed by atoms with E-state index < -0.39 is 26.9 Å². The predicted octanol–water partition coefficient (Wildman–Crippen LogP) is 0.982. The summed E-state index contributed by atoms with van der Waals surface area (Å²) in [6.45, 7) is 5.57. The van der Waals surface area contributed by atoms with Crippen molar-refractivity contribution in [3.63, 3.8) is 0 Å². The summed E-state index contributed by atoms with van der Waals surface area (Å²) in [5, 5.41) is 10.4. The van der Waals surface area contributed by atoms with E-state index in [9.17, 15) is 13.5 Å². The molecule has 3 atom stereocenters. The molecule has 2 saturated carbocycles. The van der Waals surface area contributed by atoms with E-state index in [1.54, 1.807) is 6.92 Å². The van der Waals surface area contributed by atoms with Gasteiger partial charge >= 0.3 is 0 Å². The predicted molar refractivity (Wildman–Crippen MR) is 56.0 cm³/mol. The van der Waals surface area contributed by atoms with Crippen molar-refractivity contribution in [2.75, 3.05) is 5.75 Å². The normalized spacial score (nSPS) is 45.0. The summed E-state index contributed by atoms with van der Waals surface area (Å²) in [6.07, 6.45) is 2.05. The molecule has 2 aliphatic rings. The second kappa shape index (κ2) is 2.84. The Morgan fingerprint density at radius 1 is 1.60 bits per heavy atom. The molecule has 4 nitrogen and oxygen atoms in total. The summed E-state index contributed by atoms with van der Waals surface area (Å²) in [7, 11) is -4.08. The number of fused-ring (bicyclic) bond motifs is 2. The largest absolute Gasteiger partial charge is 0.389 e. The summed E-state index contributed by atoms with van der Waals surface area (Å²) in [4.78, 5) is 0. The molecule has 2 rings (SSSR count). The van der Waals surface area contributed by atoms with Gasteiger partial charge in [0, 0.05) is 5.41 Å². The molecule has 2 bridgehead atoms. The minimum Gasteiger partial charge on any atom is -0.389 e. The van der Waals surface area contributed by atoms with Crippen LogP contribution in [0.3, 0.4) is 0 Å². The van der Waals surface area contributed by atoms with Gasteiger partial charge in [0.2, 0.25) is 0 Å². The lowest BCUT2D eigenvalue weighted by molar-refractivity contribution is -0.0271. The Balaban J connectivity index is 2.40. The van der Waals surface area contributed by atoms with E-state index in [1.165, 1.54) is 0 Å². The SMILES string of the molecule is C=C1C2CCC(O)(C2)C1(C)CS(=O)(=O)O. The van der Waals surface area contributed by atoms with E-state index in [2.05, 4.69) is 6.58 Å². The quantitative estimate of drug-likeness (QED) is 0.550. The first-order chi connectivity index (χ1) is 6.68. The molecule has 0 aliphatic heterocycles.